The average Bonchev–Trinajstić information content (AvgIpc) is 3.22. The molecule has 3 aromatic rings. The van der Waals surface area contributed by atoms with E-state index in [0.29, 0.717) is 11.2 Å². The molecule has 7 heteroatoms. The molecule has 1 aromatic heterocycles. The third kappa shape index (κ3) is 3.05. The van der Waals surface area contributed by atoms with Gasteiger partial charge >= 0.3 is 0 Å². The summed E-state index contributed by atoms with van der Waals surface area (Å²) in [5.41, 5.74) is 3.43. The summed E-state index contributed by atoms with van der Waals surface area (Å²) >= 11 is 0. The normalized spacial score (nSPS) is 16.9. The first kappa shape index (κ1) is 17.2. The molecule has 0 radical (unpaired) electrons. The minimum Gasteiger partial charge on any atom is -0.326 e. The van der Waals surface area contributed by atoms with E-state index in [2.05, 4.69) is 15.5 Å². The highest BCUT2D eigenvalue weighted by Crippen LogP contribution is 2.31. The Kier molecular flexibility index (Phi) is 4.14. The molecule has 6 nitrogen and oxygen atoms in total. The third-order valence-corrected chi connectivity index (χ3v) is 5.05. The van der Waals surface area contributed by atoms with Crippen molar-refractivity contribution in [3.8, 4) is 0 Å². The van der Waals surface area contributed by atoms with Crippen LogP contribution in [0.25, 0.3) is 10.9 Å². The number of benzene rings is 2. The van der Waals surface area contributed by atoms with Gasteiger partial charge in [0.25, 0.3) is 0 Å². The fourth-order valence-electron chi connectivity index (χ4n) is 3.36. The lowest BCUT2D eigenvalue weighted by Gasteiger charge is -2.15. The Bertz CT molecular complexity index is 1060. The summed E-state index contributed by atoms with van der Waals surface area (Å²) in [4.78, 5) is 26.5. The first-order chi connectivity index (χ1) is 12.9. The van der Waals surface area contributed by atoms with E-state index in [9.17, 15) is 14.0 Å². The zero-order valence-corrected chi connectivity index (χ0v) is 15.0. The first-order valence-corrected chi connectivity index (χ1v) is 8.75. The molecule has 27 heavy (non-hydrogen) atoms. The van der Waals surface area contributed by atoms with Crippen LogP contribution >= 0.6 is 0 Å². The number of hydrogen-bond acceptors (Lipinski definition) is 3. The minimum absolute atomic E-state index is 0.0689. The fraction of sp³-hybridized carbons (Fsp3) is 0.250. The smallest absolute Gasteiger partial charge is 0.229 e. The second-order valence-corrected chi connectivity index (χ2v) is 6.90. The molecule has 0 unspecified atom stereocenters. The topological polar surface area (TPSA) is 78.1 Å². The molecular formula is C20H19FN4O2. The number of carbonyl (C=O) groups excluding carboxylic acids is 2. The van der Waals surface area contributed by atoms with Gasteiger partial charge in [0.2, 0.25) is 11.8 Å². The minimum atomic E-state index is -0.516. The number of amides is 2. The zero-order valence-electron chi connectivity index (χ0n) is 15.0. The highest BCUT2D eigenvalue weighted by atomic mass is 19.1. The van der Waals surface area contributed by atoms with Gasteiger partial charge in [-0.25, -0.2) is 4.39 Å². The number of aromatic amines is 1. The van der Waals surface area contributed by atoms with E-state index in [1.807, 2.05) is 32.0 Å². The second-order valence-electron chi connectivity index (χ2n) is 6.90. The monoisotopic (exact) mass is 366 g/mol. The standard InChI is InChI=1S/C20H19FN4O2/c1-11-6-7-14(8-12(11)2)22-20(27)13-9-17(26)25(10-13)19-18-15(21)4-3-5-16(18)23-24-19/h3-8,13H,9-10H2,1-2H3,(H,22,27)(H,23,24)/t13-/m0/s1. The van der Waals surface area contributed by atoms with Crippen molar-refractivity contribution in [3.05, 3.63) is 53.3 Å². The van der Waals surface area contributed by atoms with Crippen molar-refractivity contribution in [1.82, 2.24) is 10.2 Å². The number of nitrogens with zero attached hydrogens (tertiary/aromatic N) is 2. The van der Waals surface area contributed by atoms with Crippen LogP contribution in [0.2, 0.25) is 0 Å². The number of carbonyl (C=O) groups is 2. The Morgan fingerprint density at radius 3 is 2.85 bits per heavy atom. The molecule has 1 saturated heterocycles. The predicted molar refractivity (Wildman–Crippen MR) is 101 cm³/mol. The van der Waals surface area contributed by atoms with Gasteiger partial charge in [0.15, 0.2) is 5.82 Å². The number of aromatic nitrogens is 2. The maximum atomic E-state index is 14.2. The van der Waals surface area contributed by atoms with Gasteiger partial charge in [0, 0.05) is 18.7 Å². The summed E-state index contributed by atoms with van der Waals surface area (Å²) in [6.45, 7) is 4.15. The van der Waals surface area contributed by atoms with Crippen LogP contribution in [0.4, 0.5) is 15.9 Å². The lowest BCUT2D eigenvalue weighted by molar-refractivity contribution is -0.122. The molecule has 2 amide bonds. The summed E-state index contributed by atoms with van der Waals surface area (Å²) < 4.78 is 14.2. The number of anilines is 2. The first-order valence-electron chi connectivity index (χ1n) is 8.75. The van der Waals surface area contributed by atoms with Crippen molar-refractivity contribution in [2.24, 2.45) is 5.92 Å². The van der Waals surface area contributed by atoms with Gasteiger partial charge in [-0.1, -0.05) is 12.1 Å². The van der Waals surface area contributed by atoms with Crippen molar-refractivity contribution in [2.45, 2.75) is 20.3 Å². The van der Waals surface area contributed by atoms with Crippen molar-refractivity contribution >= 4 is 34.2 Å². The number of rotatable bonds is 3. The fourth-order valence-corrected chi connectivity index (χ4v) is 3.36. The SMILES string of the molecule is Cc1ccc(NC(=O)[C@H]2CC(=O)N(c3n[nH]c4cccc(F)c34)C2)cc1C. The van der Waals surface area contributed by atoms with Gasteiger partial charge in [0.1, 0.15) is 5.82 Å². The van der Waals surface area contributed by atoms with E-state index in [1.165, 1.54) is 11.0 Å². The highest BCUT2D eigenvalue weighted by Gasteiger charge is 2.37. The lowest BCUT2D eigenvalue weighted by atomic mass is 10.1. The van der Waals surface area contributed by atoms with E-state index in [1.54, 1.807) is 12.1 Å². The van der Waals surface area contributed by atoms with Gasteiger partial charge in [-0.15, -0.1) is 0 Å². The molecule has 1 aliphatic rings. The molecule has 1 fully saturated rings. The van der Waals surface area contributed by atoms with Crippen LogP contribution in [0.1, 0.15) is 17.5 Å². The van der Waals surface area contributed by atoms with Gasteiger partial charge in [-0.05, 0) is 49.2 Å². The van der Waals surface area contributed by atoms with Gasteiger partial charge in [0.05, 0.1) is 16.8 Å². The number of nitrogens with one attached hydrogen (secondary N) is 2. The van der Waals surface area contributed by atoms with E-state index in [-0.39, 0.29) is 36.0 Å². The van der Waals surface area contributed by atoms with Gasteiger partial charge in [-0.2, -0.15) is 5.10 Å². The summed E-state index contributed by atoms with van der Waals surface area (Å²) in [5.74, 6) is -1.21. The predicted octanol–water partition coefficient (Wildman–Crippen LogP) is 3.31. The molecule has 2 N–H and O–H groups in total. The third-order valence-electron chi connectivity index (χ3n) is 5.05. The molecule has 1 atom stereocenters. The number of aryl methyl sites for hydroxylation is 2. The Balaban J connectivity index is 1.54. The largest absolute Gasteiger partial charge is 0.326 e. The summed E-state index contributed by atoms with van der Waals surface area (Å²) in [7, 11) is 0. The summed E-state index contributed by atoms with van der Waals surface area (Å²) in [5, 5.41) is 9.97. The molecule has 0 spiro atoms. The van der Waals surface area contributed by atoms with Crippen molar-refractivity contribution < 1.29 is 14.0 Å². The molecule has 4 rings (SSSR count). The molecule has 0 bridgehead atoms. The van der Waals surface area contributed by atoms with E-state index in [0.717, 1.165) is 11.1 Å². The zero-order chi connectivity index (χ0) is 19.1. The van der Waals surface area contributed by atoms with Crippen LogP contribution in [-0.2, 0) is 9.59 Å². The number of hydrogen-bond donors (Lipinski definition) is 2. The summed E-state index contributed by atoms with van der Waals surface area (Å²) in [6, 6.07) is 10.3. The molecule has 2 heterocycles. The van der Waals surface area contributed by atoms with Gasteiger partial charge < -0.3 is 5.32 Å². The Morgan fingerprint density at radius 1 is 1.26 bits per heavy atom. The summed E-state index contributed by atoms with van der Waals surface area (Å²) in [6.07, 6.45) is 0.0689. The van der Waals surface area contributed by atoms with Gasteiger partial charge in [-0.3, -0.25) is 19.6 Å². The van der Waals surface area contributed by atoms with E-state index < -0.39 is 11.7 Å². The maximum absolute atomic E-state index is 14.2. The van der Waals surface area contributed by atoms with E-state index in [4.69, 9.17) is 0 Å². The van der Waals surface area contributed by atoms with Crippen LogP contribution < -0.4 is 10.2 Å². The number of halogens is 1. The van der Waals surface area contributed by atoms with Crippen molar-refractivity contribution in [2.75, 3.05) is 16.8 Å². The van der Waals surface area contributed by atoms with Crippen LogP contribution in [0, 0.1) is 25.6 Å². The molecule has 1 aliphatic heterocycles. The van der Waals surface area contributed by atoms with Crippen molar-refractivity contribution in [3.63, 3.8) is 0 Å². The number of fused-ring (bicyclic) bond motifs is 1. The molecule has 138 valence electrons. The van der Waals surface area contributed by atoms with Crippen molar-refractivity contribution in [1.29, 1.82) is 0 Å². The van der Waals surface area contributed by atoms with E-state index >= 15 is 0 Å². The Morgan fingerprint density at radius 2 is 2.07 bits per heavy atom. The average molecular weight is 366 g/mol. The van der Waals surface area contributed by atoms with Crippen LogP contribution in [-0.4, -0.2) is 28.6 Å². The molecule has 0 aliphatic carbocycles. The Labute approximate surface area is 155 Å². The molecule has 0 saturated carbocycles. The quantitative estimate of drug-likeness (QED) is 0.746. The van der Waals surface area contributed by atoms with Crippen LogP contribution in [0.3, 0.4) is 0 Å². The molecule has 2 aromatic carbocycles. The number of H-pyrrole nitrogens is 1. The highest BCUT2D eigenvalue weighted by molar-refractivity contribution is 6.07. The second kappa shape index (κ2) is 6.50. The lowest BCUT2D eigenvalue weighted by Crippen LogP contribution is -2.28. The molecular weight excluding hydrogens is 347 g/mol. The maximum Gasteiger partial charge on any atom is 0.229 e. The van der Waals surface area contributed by atoms with Crippen LogP contribution in [0.5, 0.6) is 0 Å². The van der Waals surface area contributed by atoms with Crippen LogP contribution in [0.15, 0.2) is 36.4 Å². The Hall–Kier alpha value is -3.22.